The van der Waals surface area contributed by atoms with E-state index in [9.17, 15) is 9.18 Å². The molecule has 1 saturated heterocycles. The van der Waals surface area contributed by atoms with Crippen molar-refractivity contribution >= 4 is 17.5 Å². The van der Waals surface area contributed by atoms with Gasteiger partial charge in [-0.2, -0.15) is 0 Å². The number of nitrogens with one attached hydrogen (secondary N) is 1. The molecule has 27 heavy (non-hydrogen) atoms. The summed E-state index contributed by atoms with van der Waals surface area (Å²) in [7, 11) is 0. The number of rotatable bonds is 6. The largest absolute Gasteiger partial charge is 0.348 e. The first-order valence-corrected chi connectivity index (χ1v) is 9.62. The summed E-state index contributed by atoms with van der Waals surface area (Å²) < 4.78 is 13.8. The van der Waals surface area contributed by atoms with Crippen molar-refractivity contribution in [1.82, 2.24) is 15.1 Å². The first-order chi connectivity index (χ1) is 13.0. The Kier molecular flexibility index (Phi) is 6.83. The molecule has 0 spiro atoms. The molecule has 3 rings (SSSR count). The first-order valence-electron chi connectivity index (χ1n) is 9.24. The summed E-state index contributed by atoms with van der Waals surface area (Å²) in [5.41, 5.74) is 1.71. The zero-order chi connectivity index (χ0) is 19.2. The van der Waals surface area contributed by atoms with Gasteiger partial charge in [0.25, 0.3) is 0 Å². The van der Waals surface area contributed by atoms with Gasteiger partial charge in [0.1, 0.15) is 5.82 Å². The zero-order valence-electron chi connectivity index (χ0n) is 15.5. The third kappa shape index (κ3) is 5.76. The van der Waals surface area contributed by atoms with Crippen molar-refractivity contribution in [2.24, 2.45) is 0 Å². The van der Waals surface area contributed by atoms with Gasteiger partial charge in [0.2, 0.25) is 5.91 Å². The second kappa shape index (κ2) is 9.31. The Morgan fingerprint density at radius 2 is 1.81 bits per heavy atom. The fraction of sp³-hybridized carbons (Fsp3) is 0.381. The highest BCUT2D eigenvalue weighted by Gasteiger charge is 2.20. The number of nitrogens with zero attached hydrogens (tertiary/aromatic N) is 2. The molecule has 1 fully saturated rings. The molecule has 0 aromatic heterocycles. The van der Waals surface area contributed by atoms with Crippen LogP contribution in [0.25, 0.3) is 0 Å². The molecule has 0 radical (unpaired) electrons. The summed E-state index contributed by atoms with van der Waals surface area (Å²) in [6.45, 7) is 6.19. The molecule has 1 unspecified atom stereocenters. The molecule has 0 bridgehead atoms. The van der Waals surface area contributed by atoms with Gasteiger partial charge in [-0.25, -0.2) is 4.39 Å². The van der Waals surface area contributed by atoms with Crippen molar-refractivity contribution in [2.75, 3.05) is 32.7 Å². The molecule has 1 atom stereocenters. The highest BCUT2D eigenvalue weighted by molar-refractivity contribution is 6.30. The Morgan fingerprint density at radius 1 is 1.11 bits per heavy atom. The number of halogens is 2. The molecule has 1 aliphatic heterocycles. The third-order valence-corrected chi connectivity index (χ3v) is 5.15. The maximum Gasteiger partial charge on any atom is 0.234 e. The Bertz CT molecular complexity index is 778. The van der Waals surface area contributed by atoms with Crippen LogP contribution in [0, 0.1) is 5.82 Å². The molecular formula is C21H25ClFN3O. The normalized spacial score (nSPS) is 16.9. The topological polar surface area (TPSA) is 35.6 Å². The van der Waals surface area contributed by atoms with Crippen LogP contribution in [-0.2, 0) is 11.3 Å². The van der Waals surface area contributed by atoms with Crippen LogP contribution in [0.4, 0.5) is 4.39 Å². The fourth-order valence-electron chi connectivity index (χ4n) is 3.32. The molecular weight excluding hydrogens is 365 g/mol. The molecule has 144 valence electrons. The van der Waals surface area contributed by atoms with Crippen molar-refractivity contribution in [2.45, 2.75) is 19.5 Å². The molecule has 6 heteroatoms. The molecule has 1 heterocycles. The van der Waals surface area contributed by atoms with E-state index in [0.717, 1.165) is 37.3 Å². The van der Waals surface area contributed by atoms with E-state index < -0.39 is 0 Å². The van der Waals surface area contributed by atoms with Gasteiger partial charge >= 0.3 is 0 Å². The van der Waals surface area contributed by atoms with Gasteiger partial charge in [0.05, 0.1) is 12.6 Å². The number of hydrogen-bond acceptors (Lipinski definition) is 3. The third-order valence-electron chi connectivity index (χ3n) is 4.91. The van der Waals surface area contributed by atoms with Crippen molar-refractivity contribution in [1.29, 1.82) is 0 Å². The van der Waals surface area contributed by atoms with Crippen LogP contribution in [0.2, 0.25) is 5.02 Å². The lowest BCUT2D eigenvalue weighted by Crippen LogP contribution is -2.49. The average molecular weight is 390 g/mol. The van der Waals surface area contributed by atoms with Crippen LogP contribution in [0.3, 0.4) is 0 Å². The molecule has 2 aromatic rings. The van der Waals surface area contributed by atoms with E-state index in [4.69, 9.17) is 11.6 Å². The Morgan fingerprint density at radius 3 is 2.52 bits per heavy atom. The number of benzene rings is 2. The molecule has 0 saturated carbocycles. The van der Waals surface area contributed by atoms with Crippen LogP contribution >= 0.6 is 11.6 Å². The quantitative estimate of drug-likeness (QED) is 0.821. The molecule has 4 nitrogen and oxygen atoms in total. The second-order valence-electron chi connectivity index (χ2n) is 6.99. The number of carbonyl (C=O) groups is 1. The van der Waals surface area contributed by atoms with Gasteiger partial charge in [-0.05, 0) is 30.7 Å². The van der Waals surface area contributed by atoms with Gasteiger partial charge in [-0.1, -0.05) is 41.9 Å². The predicted octanol–water partition coefficient (Wildman–Crippen LogP) is 3.47. The number of piperazine rings is 1. The molecule has 0 aliphatic carbocycles. The van der Waals surface area contributed by atoms with Crippen LogP contribution in [-0.4, -0.2) is 48.4 Å². The lowest BCUT2D eigenvalue weighted by molar-refractivity contribution is -0.123. The zero-order valence-corrected chi connectivity index (χ0v) is 16.3. The minimum atomic E-state index is -0.158. The SMILES string of the molecule is CC(NC(=O)CN1CCN(Cc2ccccc2F)CC1)c1cccc(Cl)c1. The molecule has 1 N–H and O–H groups in total. The number of hydrogen-bond donors (Lipinski definition) is 1. The van der Waals surface area contributed by atoms with Crippen molar-refractivity contribution < 1.29 is 9.18 Å². The van der Waals surface area contributed by atoms with Crippen molar-refractivity contribution in [3.63, 3.8) is 0 Å². The smallest absolute Gasteiger partial charge is 0.234 e. The summed E-state index contributed by atoms with van der Waals surface area (Å²) in [5, 5.41) is 3.69. The van der Waals surface area contributed by atoms with Crippen LogP contribution in [0.15, 0.2) is 48.5 Å². The Balaban J connectivity index is 1.43. The van der Waals surface area contributed by atoms with Crippen LogP contribution in [0.5, 0.6) is 0 Å². The highest BCUT2D eigenvalue weighted by atomic mass is 35.5. The summed E-state index contributed by atoms with van der Waals surface area (Å²) in [4.78, 5) is 16.7. The van der Waals surface area contributed by atoms with Crippen LogP contribution in [0.1, 0.15) is 24.1 Å². The molecule has 1 aliphatic rings. The van der Waals surface area contributed by atoms with Gasteiger partial charge in [-0.3, -0.25) is 14.6 Å². The number of carbonyl (C=O) groups excluding carboxylic acids is 1. The van der Waals surface area contributed by atoms with E-state index in [1.807, 2.05) is 43.3 Å². The minimum absolute atomic E-state index is 0.00466. The van der Waals surface area contributed by atoms with E-state index in [1.165, 1.54) is 6.07 Å². The lowest BCUT2D eigenvalue weighted by Gasteiger charge is -2.34. The highest BCUT2D eigenvalue weighted by Crippen LogP contribution is 2.17. The summed E-state index contributed by atoms with van der Waals surface area (Å²) in [5.74, 6) is -0.153. The Hall–Kier alpha value is -1.95. The van der Waals surface area contributed by atoms with Crippen LogP contribution < -0.4 is 5.32 Å². The van der Waals surface area contributed by atoms with E-state index in [-0.39, 0.29) is 17.8 Å². The first kappa shape index (κ1) is 19.8. The summed E-state index contributed by atoms with van der Waals surface area (Å²) in [6.07, 6.45) is 0. The van der Waals surface area contributed by atoms with Gasteiger partial charge in [0, 0.05) is 43.3 Å². The van der Waals surface area contributed by atoms with E-state index >= 15 is 0 Å². The number of amides is 1. The molecule has 2 aromatic carbocycles. The predicted molar refractivity (Wildman–Crippen MR) is 106 cm³/mol. The van der Waals surface area contributed by atoms with E-state index in [1.54, 1.807) is 6.07 Å². The monoisotopic (exact) mass is 389 g/mol. The van der Waals surface area contributed by atoms with E-state index in [0.29, 0.717) is 18.1 Å². The van der Waals surface area contributed by atoms with Gasteiger partial charge in [0.15, 0.2) is 0 Å². The lowest BCUT2D eigenvalue weighted by atomic mass is 10.1. The fourth-order valence-corrected chi connectivity index (χ4v) is 3.52. The van der Waals surface area contributed by atoms with Gasteiger partial charge < -0.3 is 5.32 Å². The second-order valence-corrected chi connectivity index (χ2v) is 7.42. The van der Waals surface area contributed by atoms with Crippen molar-refractivity contribution in [3.05, 3.63) is 70.5 Å². The van der Waals surface area contributed by atoms with Gasteiger partial charge in [-0.15, -0.1) is 0 Å². The standard InChI is InChI=1S/C21H25ClFN3O/c1-16(17-6-4-7-19(22)13-17)24-21(27)15-26-11-9-25(10-12-26)14-18-5-2-3-8-20(18)23/h2-8,13,16H,9-12,14-15H2,1H3,(H,24,27). The average Bonchev–Trinajstić information content (AvgIpc) is 2.65. The summed E-state index contributed by atoms with van der Waals surface area (Å²) >= 11 is 6.01. The minimum Gasteiger partial charge on any atom is -0.348 e. The molecule has 1 amide bonds. The Labute approximate surface area is 164 Å². The maximum atomic E-state index is 13.8. The van der Waals surface area contributed by atoms with Crippen molar-refractivity contribution in [3.8, 4) is 0 Å². The summed E-state index contributed by atoms with van der Waals surface area (Å²) in [6, 6.07) is 14.3. The maximum absolute atomic E-state index is 13.8. The van der Waals surface area contributed by atoms with E-state index in [2.05, 4.69) is 15.1 Å².